The fourth-order valence-corrected chi connectivity index (χ4v) is 4.03. The van der Waals surface area contributed by atoms with Gasteiger partial charge in [0.2, 0.25) is 23.1 Å². The number of pyridine rings is 1. The lowest BCUT2D eigenvalue weighted by atomic mass is 9.89. The summed E-state index contributed by atoms with van der Waals surface area (Å²) < 4.78 is 16.0. The number of hydrogen-bond donors (Lipinski definition) is 0. The van der Waals surface area contributed by atoms with E-state index in [2.05, 4.69) is 4.98 Å². The molecule has 1 aliphatic rings. The van der Waals surface area contributed by atoms with Gasteiger partial charge in [0.15, 0.2) is 0 Å². The molecule has 0 amide bonds. The number of unbranched alkanes of at least 4 members (excludes halogenated alkanes) is 7. The first-order valence-corrected chi connectivity index (χ1v) is 11.6. The molecule has 0 fully saturated rings. The largest absolute Gasteiger partial charge is 0.493 e. The Balaban J connectivity index is 1.56. The first-order valence-electron chi connectivity index (χ1n) is 11.6. The van der Waals surface area contributed by atoms with Crippen LogP contribution in [0, 0.1) is 13.8 Å². The Hall–Kier alpha value is -2.63. The van der Waals surface area contributed by atoms with Gasteiger partial charge in [0.05, 0.1) is 20.8 Å². The van der Waals surface area contributed by atoms with Crippen LogP contribution in [0.3, 0.4) is 0 Å². The maximum atomic E-state index is 12.6. The molecule has 0 radical (unpaired) electrons. The van der Waals surface area contributed by atoms with Crippen molar-refractivity contribution in [2.24, 2.45) is 0 Å². The van der Waals surface area contributed by atoms with Gasteiger partial charge in [0.25, 0.3) is 0 Å². The molecular weight excluding hydrogens is 406 g/mol. The predicted molar refractivity (Wildman–Crippen MR) is 125 cm³/mol. The van der Waals surface area contributed by atoms with Gasteiger partial charge in [-0.3, -0.25) is 14.6 Å². The summed E-state index contributed by atoms with van der Waals surface area (Å²) >= 11 is 0. The van der Waals surface area contributed by atoms with Gasteiger partial charge in [-0.05, 0) is 40.0 Å². The van der Waals surface area contributed by atoms with E-state index in [1.807, 2.05) is 26.0 Å². The van der Waals surface area contributed by atoms with Crippen LogP contribution < -0.4 is 4.74 Å². The van der Waals surface area contributed by atoms with Gasteiger partial charge in [0.1, 0.15) is 5.75 Å². The van der Waals surface area contributed by atoms with Crippen molar-refractivity contribution in [3.63, 3.8) is 0 Å². The molecule has 6 nitrogen and oxygen atoms in total. The summed E-state index contributed by atoms with van der Waals surface area (Å²) in [4.78, 5) is 29.4. The molecule has 1 heterocycles. The van der Waals surface area contributed by atoms with Crippen LogP contribution in [-0.4, -0.2) is 37.4 Å². The zero-order valence-corrected chi connectivity index (χ0v) is 20.2. The van der Waals surface area contributed by atoms with Crippen molar-refractivity contribution in [2.75, 3.05) is 20.8 Å². The number of methoxy groups -OCH3 is 2. The van der Waals surface area contributed by atoms with Crippen molar-refractivity contribution in [3.8, 4) is 5.75 Å². The third-order valence-electron chi connectivity index (χ3n) is 5.74. The van der Waals surface area contributed by atoms with Gasteiger partial charge in [-0.1, -0.05) is 38.5 Å². The van der Waals surface area contributed by atoms with Crippen LogP contribution in [0.1, 0.15) is 76.1 Å². The molecule has 0 saturated carbocycles. The van der Waals surface area contributed by atoms with Crippen molar-refractivity contribution >= 4 is 11.6 Å². The van der Waals surface area contributed by atoms with Gasteiger partial charge in [-0.15, -0.1) is 0 Å². The highest BCUT2D eigenvalue weighted by Gasteiger charge is 2.34. The highest BCUT2D eigenvalue weighted by atomic mass is 16.5. The van der Waals surface area contributed by atoms with Gasteiger partial charge in [-0.25, -0.2) is 0 Å². The average molecular weight is 444 g/mol. The van der Waals surface area contributed by atoms with E-state index in [0.29, 0.717) is 17.6 Å². The summed E-state index contributed by atoms with van der Waals surface area (Å²) in [6.45, 7) is 6.40. The monoisotopic (exact) mass is 443 g/mol. The van der Waals surface area contributed by atoms with Gasteiger partial charge in [0, 0.05) is 34.7 Å². The van der Waals surface area contributed by atoms with Crippen molar-refractivity contribution < 1.29 is 23.8 Å². The summed E-state index contributed by atoms with van der Waals surface area (Å²) in [7, 11) is 2.78. The van der Waals surface area contributed by atoms with Crippen molar-refractivity contribution in [3.05, 3.63) is 46.2 Å². The van der Waals surface area contributed by atoms with E-state index in [4.69, 9.17) is 14.2 Å². The number of aryl methyl sites for hydroxylation is 2. The topological polar surface area (TPSA) is 74.7 Å². The first-order chi connectivity index (χ1) is 15.4. The Bertz CT molecular complexity index is 849. The lowest BCUT2D eigenvalue weighted by Crippen LogP contribution is -2.25. The molecule has 0 bridgehead atoms. The molecule has 0 atom stereocenters. The number of allylic oxidation sites excluding steroid dienone is 2. The van der Waals surface area contributed by atoms with E-state index >= 15 is 0 Å². The second kappa shape index (κ2) is 13.0. The highest BCUT2D eigenvalue weighted by molar-refractivity contribution is 6.23. The Kier molecular flexibility index (Phi) is 10.4. The third kappa shape index (κ3) is 7.21. The number of Topliss-reactive ketones (excluding diaryl/α,β-unsaturated/α-hetero) is 2. The fourth-order valence-electron chi connectivity index (χ4n) is 4.03. The summed E-state index contributed by atoms with van der Waals surface area (Å²) in [5.74, 6) is 0.467. The second-order valence-electron chi connectivity index (χ2n) is 8.34. The van der Waals surface area contributed by atoms with Crippen molar-refractivity contribution in [2.45, 2.75) is 78.6 Å². The maximum absolute atomic E-state index is 12.6. The van der Waals surface area contributed by atoms with E-state index < -0.39 is 0 Å². The number of ether oxygens (including phenoxy) is 3. The molecule has 0 aliphatic heterocycles. The normalized spacial score (nSPS) is 14.3. The van der Waals surface area contributed by atoms with Crippen LogP contribution in [0.4, 0.5) is 0 Å². The summed E-state index contributed by atoms with van der Waals surface area (Å²) in [5.41, 5.74) is 3.02. The van der Waals surface area contributed by atoms with Crippen molar-refractivity contribution in [1.29, 1.82) is 0 Å². The van der Waals surface area contributed by atoms with Crippen LogP contribution >= 0.6 is 0 Å². The molecule has 2 rings (SSSR count). The zero-order chi connectivity index (χ0) is 23.5. The number of carbonyl (C=O) groups excluding carboxylic acids is 2. The summed E-state index contributed by atoms with van der Waals surface area (Å²) in [6, 6.07) is 3.95. The van der Waals surface area contributed by atoms with Gasteiger partial charge < -0.3 is 14.2 Å². The SMILES string of the molecule is COC1=C(OC)C(=O)C(CCCCCCCCCCOc2cc(C)nc(C)c2)=C(C)C1=O. The van der Waals surface area contributed by atoms with Crippen LogP contribution in [0.2, 0.25) is 0 Å². The lowest BCUT2D eigenvalue weighted by Gasteiger charge is -2.20. The Morgan fingerprint density at radius 1 is 0.719 bits per heavy atom. The predicted octanol–water partition coefficient (Wildman–Crippen LogP) is 5.56. The van der Waals surface area contributed by atoms with Gasteiger partial charge in [-0.2, -0.15) is 0 Å². The smallest absolute Gasteiger partial charge is 0.228 e. The Morgan fingerprint density at radius 3 is 1.78 bits per heavy atom. The van der Waals surface area contributed by atoms with Crippen LogP contribution in [-0.2, 0) is 19.1 Å². The van der Waals surface area contributed by atoms with Gasteiger partial charge >= 0.3 is 0 Å². The van der Waals surface area contributed by atoms with Crippen LogP contribution in [0.5, 0.6) is 5.75 Å². The minimum Gasteiger partial charge on any atom is -0.493 e. The minimum atomic E-state index is -0.253. The summed E-state index contributed by atoms with van der Waals surface area (Å²) in [6.07, 6.45) is 9.50. The lowest BCUT2D eigenvalue weighted by molar-refractivity contribution is -0.121. The molecule has 1 aromatic heterocycles. The standard InChI is InChI=1S/C26H37NO5/c1-18-16-21(17-19(2)27-18)32-15-13-11-9-7-6-8-10-12-14-22-20(3)23(28)25(30-4)26(31-5)24(22)29/h16-17H,6-15H2,1-5H3. The molecule has 0 aromatic carbocycles. The highest BCUT2D eigenvalue weighted by Crippen LogP contribution is 2.28. The number of ketones is 2. The number of rotatable bonds is 14. The number of nitrogens with zero attached hydrogens (tertiary/aromatic N) is 1. The molecule has 32 heavy (non-hydrogen) atoms. The van der Waals surface area contributed by atoms with E-state index in [1.165, 1.54) is 39.9 Å². The minimum absolute atomic E-state index is 0.00940. The Morgan fingerprint density at radius 2 is 1.22 bits per heavy atom. The molecule has 1 aromatic rings. The molecule has 0 unspecified atom stereocenters. The molecule has 0 spiro atoms. The van der Waals surface area contributed by atoms with E-state index in [-0.39, 0.29) is 23.1 Å². The molecule has 1 aliphatic carbocycles. The summed E-state index contributed by atoms with van der Waals surface area (Å²) in [5, 5.41) is 0. The molecule has 0 N–H and O–H groups in total. The van der Waals surface area contributed by atoms with Crippen LogP contribution in [0.15, 0.2) is 34.8 Å². The molecular formula is C26H37NO5. The third-order valence-corrected chi connectivity index (χ3v) is 5.74. The number of carbonyl (C=O) groups is 2. The maximum Gasteiger partial charge on any atom is 0.228 e. The second-order valence-corrected chi connectivity index (χ2v) is 8.34. The van der Waals surface area contributed by atoms with E-state index in [9.17, 15) is 9.59 Å². The average Bonchev–Trinajstić information content (AvgIpc) is 2.75. The fraction of sp³-hybridized carbons (Fsp3) is 0.577. The van der Waals surface area contributed by atoms with Crippen molar-refractivity contribution in [1.82, 2.24) is 4.98 Å². The first kappa shape index (κ1) is 25.6. The van der Waals surface area contributed by atoms with E-state index in [1.54, 1.807) is 6.92 Å². The molecule has 176 valence electrons. The Labute approximate surface area is 192 Å². The van der Waals surface area contributed by atoms with Crippen LogP contribution in [0.25, 0.3) is 0 Å². The number of aromatic nitrogens is 1. The van der Waals surface area contributed by atoms with E-state index in [0.717, 1.165) is 49.4 Å². The molecule has 0 saturated heterocycles. The zero-order valence-electron chi connectivity index (χ0n) is 20.2. The number of hydrogen-bond acceptors (Lipinski definition) is 6. The quantitative estimate of drug-likeness (QED) is 0.277. The molecule has 6 heteroatoms.